The minimum atomic E-state index is -0.678. The Morgan fingerprint density at radius 1 is 1.14 bits per heavy atom. The molecule has 0 spiro atoms. The third-order valence-electron chi connectivity index (χ3n) is 2.74. The second-order valence-electron chi connectivity index (χ2n) is 7.24. The highest BCUT2D eigenvalue weighted by Crippen LogP contribution is 2.23. The molecule has 1 rings (SSSR count). The molecule has 1 saturated heterocycles. The lowest BCUT2D eigenvalue weighted by atomic mass is 10.1. The molecular formula is C16H24N2O4. The molecule has 0 aromatic rings. The molecule has 1 N–H and O–H groups in total. The van der Waals surface area contributed by atoms with Crippen molar-refractivity contribution < 1.29 is 19.1 Å². The van der Waals surface area contributed by atoms with Gasteiger partial charge < -0.3 is 14.8 Å². The zero-order chi connectivity index (χ0) is 17.1. The topological polar surface area (TPSA) is 88.4 Å². The van der Waals surface area contributed by atoms with Crippen LogP contribution in [0, 0.1) is 11.3 Å². The molecule has 22 heavy (non-hydrogen) atoms. The number of carbonyl (C=O) groups is 2. The Morgan fingerprint density at radius 3 is 2.14 bits per heavy atom. The summed E-state index contributed by atoms with van der Waals surface area (Å²) in [6, 6.07) is 1.32. The molecule has 1 atom stereocenters. The van der Waals surface area contributed by atoms with Gasteiger partial charge in [0.2, 0.25) is 0 Å². The summed E-state index contributed by atoms with van der Waals surface area (Å²) in [6.07, 6.45) is 0.921. The lowest BCUT2D eigenvalue weighted by Gasteiger charge is -2.22. The molecule has 6 nitrogen and oxygen atoms in total. The van der Waals surface area contributed by atoms with Crippen LogP contribution in [0.5, 0.6) is 0 Å². The van der Waals surface area contributed by atoms with Gasteiger partial charge >= 0.3 is 11.9 Å². The van der Waals surface area contributed by atoms with Crippen molar-refractivity contribution in [2.75, 3.05) is 0 Å². The summed E-state index contributed by atoms with van der Waals surface area (Å²) in [6.45, 7) is 10.6. The first-order valence-corrected chi connectivity index (χ1v) is 7.29. The Bertz CT molecular complexity index is 530. The Labute approximate surface area is 131 Å². The van der Waals surface area contributed by atoms with Crippen LogP contribution in [0.25, 0.3) is 0 Å². The predicted octanol–water partition coefficient (Wildman–Crippen LogP) is 2.20. The van der Waals surface area contributed by atoms with Crippen LogP contribution in [-0.4, -0.2) is 29.2 Å². The number of rotatable bonds is 2. The van der Waals surface area contributed by atoms with Crippen molar-refractivity contribution in [1.29, 1.82) is 5.26 Å². The lowest BCUT2D eigenvalue weighted by molar-refractivity contribution is -0.157. The Hall–Kier alpha value is -2.03. The largest absolute Gasteiger partial charge is 0.458 e. The maximum Gasteiger partial charge on any atom is 0.351 e. The van der Waals surface area contributed by atoms with Crippen LogP contribution in [0.1, 0.15) is 54.4 Å². The van der Waals surface area contributed by atoms with Crippen LogP contribution in [0.4, 0.5) is 0 Å². The van der Waals surface area contributed by atoms with Gasteiger partial charge in [0.05, 0.1) is 0 Å². The van der Waals surface area contributed by atoms with Gasteiger partial charge in [-0.2, -0.15) is 5.26 Å². The number of nitrogens with one attached hydrogen (secondary N) is 1. The monoisotopic (exact) mass is 308 g/mol. The molecule has 6 heteroatoms. The van der Waals surface area contributed by atoms with E-state index in [9.17, 15) is 14.9 Å². The van der Waals surface area contributed by atoms with Gasteiger partial charge in [0, 0.05) is 5.70 Å². The summed E-state index contributed by atoms with van der Waals surface area (Å²) in [5, 5.41) is 12.1. The number of hydrogen-bond donors (Lipinski definition) is 1. The third kappa shape index (κ3) is 5.40. The smallest absolute Gasteiger partial charge is 0.351 e. The molecule has 0 saturated carbocycles. The highest BCUT2D eigenvalue weighted by molar-refractivity contribution is 5.94. The molecule has 1 aliphatic rings. The summed E-state index contributed by atoms with van der Waals surface area (Å²) in [5.74, 6) is -1.06. The molecule has 1 fully saturated rings. The summed E-state index contributed by atoms with van der Waals surface area (Å²) in [5.41, 5.74) is -0.897. The van der Waals surface area contributed by atoms with E-state index in [1.165, 1.54) is 0 Å². The first kappa shape index (κ1) is 18.0. The van der Waals surface area contributed by atoms with Gasteiger partial charge in [-0.1, -0.05) is 0 Å². The van der Waals surface area contributed by atoms with E-state index in [-0.39, 0.29) is 11.5 Å². The summed E-state index contributed by atoms with van der Waals surface area (Å²) in [7, 11) is 0. The van der Waals surface area contributed by atoms with Crippen molar-refractivity contribution in [3.63, 3.8) is 0 Å². The number of carbonyl (C=O) groups excluding carboxylic acids is 2. The second kappa shape index (κ2) is 6.39. The van der Waals surface area contributed by atoms with Crippen LogP contribution in [0.15, 0.2) is 11.3 Å². The first-order chi connectivity index (χ1) is 9.93. The third-order valence-corrected chi connectivity index (χ3v) is 2.74. The number of hydrogen-bond acceptors (Lipinski definition) is 6. The van der Waals surface area contributed by atoms with Crippen molar-refractivity contribution in [2.24, 2.45) is 0 Å². The van der Waals surface area contributed by atoms with Gasteiger partial charge in [-0.05, 0) is 54.4 Å². The molecule has 0 amide bonds. The van der Waals surface area contributed by atoms with E-state index in [4.69, 9.17) is 9.47 Å². The number of ether oxygens (including phenoxy) is 2. The maximum atomic E-state index is 12.0. The van der Waals surface area contributed by atoms with E-state index in [0.29, 0.717) is 18.5 Å². The molecular weight excluding hydrogens is 284 g/mol. The van der Waals surface area contributed by atoms with Crippen LogP contribution >= 0.6 is 0 Å². The van der Waals surface area contributed by atoms with Gasteiger partial charge in [0.1, 0.15) is 23.3 Å². The molecule has 0 aliphatic carbocycles. The zero-order valence-corrected chi connectivity index (χ0v) is 14.1. The van der Waals surface area contributed by atoms with E-state index >= 15 is 0 Å². The van der Waals surface area contributed by atoms with Crippen molar-refractivity contribution >= 4 is 11.9 Å². The van der Waals surface area contributed by atoms with Crippen LogP contribution in [0.2, 0.25) is 0 Å². The average Bonchev–Trinajstić information content (AvgIpc) is 2.74. The van der Waals surface area contributed by atoms with Crippen molar-refractivity contribution in [3.8, 4) is 6.07 Å². The van der Waals surface area contributed by atoms with E-state index < -0.39 is 23.2 Å². The normalized spacial score (nSPS) is 20.7. The number of nitrogens with zero attached hydrogens (tertiary/aromatic N) is 1. The van der Waals surface area contributed by atoms with Crippen LogP contribution < -0.4 is 5.32 Å². The zero-order valence-electron chi connectivity index (χ0n) is 14.1. The molecule has 0 aromatic heterocycles. The van der Waals surface area contributed by atoms with E-state index in [1.54, 1.807) is 41.5 Å². The van der Waals surface area contributed by atoms with E-state index in [2.05, 4.69) is 5.32 Å². The van der Waals surface area contributed by atoms with Gasteiger partial charge in [0.15, 0.2) is 5.57 Å². The van der Waals surface area contributed by atoms with Gasteiger partial charge in [-0.25, -0.2) is 9.59 Å². The molecule has 1 aliphatic heterocycles. The highest BCUT2D eigenvalue weighted by atomic mass is 16.6. The van der Waals surface area contributed by atoms with Gasteiger partial charge in [0.25, 0.3) is 0 Å². The molecule has 122 valence electrons. The minimum absolute atomic E-state index is 0.0824. The van der Waals surface area contributed by atoms with E-state index in [1.807, 2.05) is 6.07 Å². The summed E-state index contributed by atoms with van der Waals surface area (Å²) in [4.78, 5) is 24.0. The van der Waals surface area contributed by atoms with Crippen LogP contribution in [-0.2, 0) is 19.1 Å². The second-order valence-corrected chi connectivity index (χ2v) is 7.24. The number of esters is 2. The van der Waals surface area contributed by atoms with Gasteiger partial charge in [-0.15, -0.1) is 0 Å². The van der Waals surface area contributed by atoms with E-state index in [0.717, 1.165) is 0 Å². The summed E-state index contributed by atoms with van der Waals surface area (Å²) >= 11 is 0. The lowest BCUT2D eigenvalue weighted by Crippen LogP contribution is -2.37. The van der Waals surface area contributed by atoms with Crippen molar-refractivity contribution in [3.05, 3.63) is 11.3 Å². The molecule has 0 aromatic carbocycles. The molecule has 0 radical (unpaired) electrons. The highest BCUT2D eigenvalue weighted by Gasteiger charge is 2.33. The number of allylic oxidation sites excluding steroid dienone is 1. The standard InChI is InChI=1S/C16H24N2O4/c1-15(2,3)21-13(19)10(9-17)11-7-8-12(18-11)14(20)22-16(4,5)6/h12,18H,7-8H2,1-6H3/b11-10-/t12-/m0/s1. The quantitative estimate of drug-likeness (QED) is 0.478. The summed E-state index contributed by atoms with van der Waals surface area (Å²) < 4.78 is 10.5. The Balaban J connectivity index is 2.83. The van der Waals surface area contributed by atoms with Crippen molar-refractivity contribution in [1.82, 2.24) is 5.32 Å². The minimum Gasteiger partial charge on any atom is -0.458 e. The average molecular weight is 308 g/mol. The fraction of sp³-hybridized carbons (Fsp3) is 0.688. The molecule has 0 unspecified atom stereocenters. The Morgan fingerprint density at radius 2 is 1.68 bits per heavy atom. The Kier molecular flexibility index (Phi) is 5.23. The fourth-order valence-electron chi connectivity index (χ4n) is 1.96. The van der Waals surface area contributed by atoms with Crippen molar-refractivity contribution in [2.45, 2.75) is 71.6 Å². The maximum absolute atomic E-state index is 12.0. The first-order valence-electron chi connectivity index (χ1n) is 7.29. The fourth-order valence-corrected chi connectivity index (χ4v) is 1.96. The molecule has 1 heterocycles. The SMILES string of the molecule is CC(C)(C)OC(=O)/C(C#N)=C1/CC[C@@H](C(=O)OC(C)(C)C)N1. The van der Waals surface area contributed by atoms with Crippen LogP contribution in [0.3, 0.4) is 0 Å². The van der Waals surface area contributed by atoms with Gasteiger partial charge in [-0.3, -0.25) is 0 Å². The molecule has 0 bridgehead atoms. The predicted molar refractivity (Wildman–Crippen MR) is 80.5 cm³/mol. The number of nitriles is 1.